The molecule has 1 aliphatic heterocycles. The van der Waals surface area contributed by atoms with Crippen LogP contribution in [0.5, 0.6) is 0 Å². The van der Waals surface area contributed by atoms with E-state index in [0.29, 0.717) is 13.0 Å². The van der Waals surface area contributed by atoms with Gasteiger partial charge in [-0.15, -0.1) is 0 Å². The number of aryl methyl sites for hydroxylation is 1. The molecule has 138 valence electrons. The molecule has 3 heterocycles. The first-order valence-electron chi connectivity index (χ1n) is 8.98. The highest BCUT2D eigenvalue weighted by atomic mass is 16.3. The van der Waals surface area contributed by atoms with Gasteiger partial charge in [-0.05, 0) is 25.5 Å². The Balaban J connectivity index is 1.50. The van der Waals surface area contributed by atoms with Crippen LogP contribution in [0.4, 0.5) is 5.69 Å². The van der Waals surface area contributed by atoms with Crippen LogP contribution >= 0.6 is 0 Å². The van der Waals surface area contributed by atoms with Crippen LogP contribution in [-0.4, -0.2) is 51.2 Å². The molecule has 2 N–H and O–H groups in total. The van der Waals surface area contributed by atoms with Crippen molar-refractivity contribution in [1.82, 2.24) is 20.3 Å². The number of aliphatic hydroxyl groups excluding tert-OH is 1. The van der Waals surface area contributed by atoms with Crippen LogP contribution in [0.25, 0.3) is 10.9 Å². The Morgan fingerprint density at radius 1 is 1.30 bits per heavy atom. The fraction of sp³-hybridized carbons (Fsp3) is 0.300. The quantitative estimate of drug-likeness (QED) is 0.736. The largest absolute Gasteiger partial charge is 0.389 e. The highest BCUT2D eigenvalue weighted by Crippen LogP contribution is 2.29. The minimum Gasteiger partial charge on any atom is -0.389 e. The second-order valence-electron chi connectivity index (χ2n) is 6.77. The molecule has 2 atom stereocenters. The van der Waals surface area contributed by atoms with Crippen LogP contribution in [0, 0.1) is 6.92 Å². The summed E-state index contributed by atoms with van der Waals surface area (Å²) in [4.78, 5) is 26.9. The second-order valence-corrected chi connectivity index (χ2v) is 6.77. The third-order valence-corrected chi connectivity index (χ3v) is 4.86. The molecular formula is C20H21N5O2. The van der Waals surface area contributed by atoms with Crippen molar-refractivity contribution in [2.24, 2.45) is 0 Å². The van der Waals surface area contributed by atoms with E-state index >= 15 is 0 Å². The summed E-state index contributed by atoms with van der Waals surface area (Å²) in [5.74, 6) is -0.314. The number of rotatable bonds is 3. The fourth-order valence-electron chi connectivity index (χ4n) is 3.52. The SMILES string of the molecule is Cc1cc(N2CCC(NC(=O)c3cnccn3)C(O)C2)c2ccccc2n1. The van der Waals surface area contributed by atoms with Gasteiger partial charge in [0.05, 0.1) is 23.9 Å². The minimum atomic E-state index is -0.674. The minimum absolute atomic E-state index is 0.253. The summed E-state index contributed by atoms with van der Waals surface area (Å²) in [5, 5.41) is 14.6. The van der Waals surface area contributed by atoms with E-state index in [1.54, 1.807) is 0 Å². The molecule has 1 saturated heterocycles. The normalized spacial score (nSPS) is 19.9. The maximum Gasteiger partial charge on any atom is 0.271 e. The van der Waals surface area contributed by atoms with E-state index in [1.165, 1.54) is 18.6 Å². The second kappa shape index (κ2) is 7.28. The number of carbonyl (C=O) groups excluding carboxylic acids is 1. The molecule has 1 fully saturated rings. The Morgan fingerprint density at radius 2 is 2.15 bits per heavy atom. The third kappa shape index (κ3) is 3.59. The monoisotopic (exact) mass is 363 g/mol. The predicted molar refractivity (Wildman–Crippen MR) is 103 cm³/mol. The standard InChI is InChI=1S/C20H21N5O2/c1-13-10-18(14-4-2-3-5-15(14)23-13)25-9-6-16(19(26)12-25)24-20(27)17-11-21-7-8-22-17/h2-5,7-8,10-11,16,19,26H,6,9,12H2,1H3,(H,24,27). The number of pyridine rings is 1. The topological polar surface area (TPSA) is 91.2 Å². The summed E-state index contributed by atoms with van der Waals surface area (Å²) < 4.78 is 0. The van der Waals surface area contributed by atoms with Crippen molar-refractivity contribution < 1.29 is 9.90 Å². The van der Waals surface area contributed by atoms with E-state index in [-0.39, 0.29) is 17.6 Å². The number of nitrogens with zero attached hydrogens (tertiary/aromatic N) is 4. The molecule has 1 aromatic carbocycles. The van der Waals surface area contributed by atoms with E-state index in [2.05, 4.69) is 25.2 Å². The summed E-state index contributed by atoms with van der Waals surface area (Å²) in [6.07, 6.45) is 4.38. The Bertz CT molecular complexity index is 963. The number of para-hydroxylation sites is 1. The zero-order valence-corrected chi connectivity index (χ0v) is 15.0. The maximum absolute atomic E-state index is 12.3. The number of aliphatic hydroxyl groups is 1. The lowest BCUT2D eigenvalue weighted by Crippen LogP contribution is -2.54. The smallest absolute Gasteiger partial charge is 0.271 e. The molecule has 0 aliphatic carbocycles. The number of anilines is 1. The van der Waals surface area contributed by atoms with Crippen molar-refractivity contribution in [3.8, 4) is 0 Å². The van der Waals surface area contributed by atoms with E-state index in [1.807, 2.05) is 37.3 Å². The van der Waals surface area contributed by atoms with Crippen molar-refractivity contribution in [2.45, 2.75) is 25.5 Å². The molecule has 0 radical (unpaired) electrons. The summed E-state index contributed by atoms with van der Waals surface area (Å²) >= 11 is 0. The summed E-state index contributed by atoms with van der Waals surface area (Å²) in [6, 6.07) is 9.74. The molecule has 4 rings (SSSR count). The number of fused-ring (bicyclic) bond motifs is 1. The van der Waals surface area contributed by atoms with Crippen LogP contribution in [0.15, 0.2) is 48.9 Å². The van der Waals surface area contributed by atoms with Gasteiger partial charge in [0, 0.05) is 42.3 Å². The zero-order valence-electron chi connectivity index (χ0n) is 15.0. The fourth-order valence-corrected chi connectivity index (χ4v) is 3.52. The first-order chi connectivity index (χ1) is 13.1. The van der Waals surface area contributed by atoms with Crippen molar-refractivity contribution in [1.29, 1.82) is 0 Å². The number of nitrogens with one attached hydrogen (secondary N) is 1. The Morgan fingerprint density at radius 3 is 2.93 bits per heavy atom. The Hall–Kier alpha value is -3.06. The van der Waals surface area contributed by atoms with Crippen LogP contribution in [-0.2, 0) is 0 Å². The Kier molecular flexibility index (Phi) is 4.68. The van der Waals surface area contributed by atoms with Gasteiger partial charge in [0.15, 0.2) is 0 Å². The van der Waals surface area contributed by atoms with Gasteiger partial charge >= 0.3 is 0 Å². The number of benzene rings is 1. The average Bonchev–Trinajstić information content (AvgIpc) is 2.69. The van der Waals surface area contributed by atoms with E-state index < -0.39 is 6.10 Å². The average molecular weight is 363 g/mol. The molecule has 2 unspecified atom stereocenters. The summed E-state index contributed by atoms with van der Waals surface area (Å²) in [6.45, 7) is 3.15. The number of hydrogen-bond donors (Lipinski definition) is 2. The van der Waals surface area contributed by atoms with Gasteiger partial charge in [-0.3, -0.25) is 14.8 Å². The lowest BCUT2D eigenvalue weighted by molar-refractivity contribution is 0.0794. The van der Waals surface area contributed by atoms with Gasteiger partial charge in [0.2, 0.25) is 0 Å². The molecule has 1 aliphatic rings. The van der Waals surface area contributed by atoms with Gasteiger partial charge in [-0.2, -0.15) is 0 Å². The Labute approximate surface area is 157 Å². The van der Waals surface area contributed by atoms with Crippen LogP contribution < -0.4 is 10.2 Å². The lowest BCUT2D eigenvalue weighted by atomic mass is 10.00. The third-order valence-electron chi connectivity index (χ3n) is 4.86. The molecule has 7 nitrogen and oxygen atoms in total. The summed E-state index contributed by atoms with van der Waals surface area (Å²) in [5.41, 5.74) is 3.20. The van der Waals surface area contributed by atoms with E-state index in [0.717, 1.165) is 28.8 Å². The van der Waals surface area contributed by atoms with Gasteiger partial charge in [-0.25, -0.2) is 4.98 Å². The number of amides is 1. The molecule has 0 bridgehead atoms. The lowest BCUT2D eigenvalue weighted by Gasteiger charge is -2.38. The highest BCUT2D eigenvalue weighted by molar-refractivity contribution is 5.93. The van der Waals surface area contributed by atoms with Gasteiger partial charge in [-0.1, -0.05) is 18.2 Å². The predicted octanol–water partition coefficient (Wildman–Crippen LogP) is 1.70. The van der Waals surface area contributed by atoms with Gasteiger partial charge in [0.1, 0.15) is 5.69 Å². The molecule has 27 heavy (non-hydrogen) atoms. The van der Waals surface area contributed by atoms with Crippen molar-refractivity contribution in [3.63, 3.8) is 0 Å². The van der Waals surface area contributed by atoms with Gasteiger partial charge in [0.25, 0.3) is 5.91 Å². The number of aromatic nitrogens is 3. The number of hydrogen-bond acceptors (Lipinski definition) is 6. The van der Waals surface area contributed by atoms with Crippen LogP contribution in [0.1, 0.15) is 22.6 Å². The molecular weight excluding hydrogens is 342 g/mol. The first-order valence-corrected chi connectivity index (χ1v) is 8.98. The van der Waals surface area contributed by atoms with Crippen molar-refractivity contribution >= 4 is 22.5 Å². The molecule has 3 aromatic rings. The van der Waals surface area contributed by atoms with Crippen molar-refractivity contribution in [3.05, 3.63) is 60.3 Å². The molecule has 0 saturated carbocycles. The summed E-state index contributed by atoms with van der Waals surface area (Å²) in [7, 11) is 0. The van der Waals surface area contributed by atoms with Crippen LogP contribution in [0.2, 0.25) is 0 Å². The number of piperidine rings is 1. The highest BCUT2D eigenvalue weighted by Gasteiger charge is 2.30. The van der Waals surface area contributed by atoms with Crippen molar-refractivity contribution in [2.75, 3.05) is 18.0 Å². The molecule has 2 aromatic heterocycles. The van der Waals surface area contributed by atoms with E-state index in [4.69, 9.17) is 0 Å². The molecule has 1 amide bonds. The first kappa shape index (κ1) is 17.4. The number of carbonyl (C=O) groups is 1. The van der Waals surface area contributed by atoms with E-state index in [9.17, 15) is 9.90 Å². The van der Waals surface area contributed by atoms with Gasteiger partial charge < -0.3 is 15.3 Å². The zero-order chi connectivity index (χ0) is 18.8. The maximum atomic E-state index is 12.3. The van der Waals surface area contributed by atoms with Crippen LogP contribution in [0.3, 0.4) is 0 Å². The number of β-amino-alcohol motifs (C(OH)–C–C–N with tert-alkyl or cyclic N) is 1. The molecule has 7 heteroatoms. The molecule has 0 spiro atoms.